The number of hydrogen-bond donors (Lipinski definition) is 2. The van der Waals surface area contributed by atoms with Crippen LogP contribution in [0.25, 0.3) is 11.5 Å². The number of aromatic nitrogens is 5. The molecule has 0 radical (unpaired) electrons. The van der Waals surface area contributed by atoms with E-state index in [1.807, 2.05) is 0 Å². The summed E-state index contributed by atoms with van der Waals surface area (Å²) >= 11 is 0. The van der Waals surface area contributed by atoms with Crippen LogP contribution in [0.5, 0.6) is 0 Å². The molecular formula is C20H17F4N7. The Morgan fingerprint density at radius 1 is 0.903 bits per heavy atom. The number of nitrogens with one attached hydrogen (secondary N) is 2. The van der Waals surface area contributed by atoms with Gasteiger partial charge in [0.05, 0.1) is 11.9 Å². The number of hydrogen-bond acceptors (Lipinski definition) is 7. The number of pyridine rings is 2. The third kappa shape index (κ3) is 4.12. The average molecular weight is 431 g/mol. The van der Waals surface area contributed by atoms with Crippen molar-refractivity contribution in [2.45, 2.75) is 31.5 Å². The molecule has 0 aliphatic heterocycles. The highest BCUT2D eigenvalue weighted by molar-refractivity contribution is 5.58. The van der Waals surface area contributed by atoms with E-state index >= 15 is 0 Å². The molecule has 2 fully saturated rings. The lowest BCUT2D eigenvalue weighted by atomic mass is 10.2. The molecule has 3 heterocycles. The third-order valence-electron chi connectivity index (χ3n) is 5.59. The van der Waals surface area contributed by atoms with Gasteiger partial charge in [-0.05, 0) is 48.9 Å². The Morgan fingerprint density at radius 3 is 2.39 bits per heavy atom. The maximum Gasteiger partial charge on any atom is 0.433 e. The minimum atomic E-state index is -4.59. The zero-order valence-electron chi connectivity index (χ0n) is 16.1. The van der Waals surface area contributed by atoms with Crippen LogP contribution in [0.15, 0.2) is 36.5 Å². The van der Waals surface area contributed by atoms with Crippen molar-refractivity contribution in [3.8, 4) is 11.5 Å². The lowest BCUT2D eigenvalue weighted by Gasteiger charge is -2.12. The molecule has 31 heavy (non-hydrogen) atoms. The molecule has 11 heteroatoms. The second-order valence-corrected chi connectivity index (χ2v) is 7.64. The van der Waals surface area contributed by atoms with Crippen molar-refractivity contribution >= 4 is 17.6 Å². The zero-order valence-corrected chi connectivity index (χ0v) is 16.1. The zero-order chi connectivity index (χ0) is 21.6. The van der Waals surface area contributed by atoms with Gasteiger partial charge in [-0.25, -0.2) is 9.97 Å². The van der Waals surface area contributed by atoms with Crippen molar-refractivity contribution in [1.29, 1.82) is 0 Å². The summed E-state index contributed by atoms with van der Waals surface area (Å²) in [4.78, 5) is 20.1. The maximum atomic E-state index is 13.1. The van der Waals surface area contributed by atoms with E-state index in [9.17, 15) is 17.6 Å². The van der Waals surface area contributed by atoms with Crippen molar-refractivity contribution < 1.29 is 17.6 Å². The van der Waals surface area contributed by atoms with Crippen molar-refractivity contribution in [3.63, 3.8) is 0 Å². The molecule has 2 aliphatic carbocycles. The fraction of sp³-hybridized carbons (Fsp3) is 0.350. The van der Waals surface area contributed by atoms with Crippen LogP contribution in [0.1, 0.15) is 25.0 Å². The second-order valence-electron chi connectivity index (χ2n) is 7.64. The summed E-state index contributed by atoms with van der Waals surface area (Å²) in [5, 5.41) is 6.17. The van der Waals surface area contributed by atoms with E-state index in [-0.39, 0.29) is 29.5 Å². The summed E-state index contributed by atoms with van der Waals surface area (Å²) in [5.74, 6) is 0.839. The molecule has 3 aromatic rings. The highest BCUT2D eigenvalue weighted by Crippen LogP contribution is 2.53. The fourth-order valence-electron chi connectivity index (χ4n) is 4.09. The Morgan fingerprint density at radius 2 is 1.68 bits per heavy atom. The summed E-state index contributed by atoms with van der Waals surface area (Å²) in [5.41, 5.74) is -0.643. The Hall–Kier alpha value is -3.37. The van der Waals surface area contributed by atoms with Crippen LogP contribution in [0.4, 0.5) is 35.1 Å². The van der Waals surface area contributed by atoms with E-state index in [1.54, 1.807) is 0 Å². The van der Waals surface area contributed by atoms with Crippen LogP contribution in [-0.2, 0) is 6.18 Å². The number of halogens is 4. The topological polar surface area (TPSA) is 88.5 Å². The highest BCUT2D eigenvalue weighted by atomic mass is 19.4. The van der Waals surface area contributed by atoms with Gasteiger partial charge in [-0.1, -0.05) is 12.5 Å². The molecule has 5 rings (SSSR count). The molecule has 7 nitrogen and oxygen atoms in total. The van der Waals surface area contributed by atoms with E-state index in [2.05, 4.69) is 35.6 Å². The molecule has 2 atom stereocenters. The Bertz CT molecular complexity index is 1090. The Labute approximate surface area is 174 Å². The van der Waals surface area contributed by atoms with Gasteiger partial charge in [0, 0.05) is 6.04 Å². The summed E-state index contributed by atoms with van der Waals surface area (Å²) < 4.78 is 52.4. The van der Waals surface area contributed by atoms with Gasteiger partial charge in [-0.3, -0.25) is 0 Å². The predicted octanol–water partition coefficient (Wildman–Crippen LogP) is 4.44. The first kappa shape index (κ1) is 19.6. The largest absolute Gasteiger partial charge is 0.433 e. The summed E-state index contributed by atoms with van der Waals surface area (Å²) in [6, 6.07) is 6.42. The molecule has 0 saturated heterocycles. The first-order chi connectivity index (χ1) is 14.9. The minimum absolute atomic E-state index is 0.00743. The highest BCUT2D eigenvalue weighted by Gasteiger charge is 2.53. The summed E-state index contributed by atoms with van der Waals surface area (Å²) in [6.45, 7) is 0. The van der Waals surface area contributed by atoms with E-state index in [4.69, 9.17) is 0 Å². The monoisotopic (exact) mass is 431 g/mol. The van der Waals surface area contributed by atoms with Crippen molar-refractivity contribution in [2.24, 2.45) is 11.8 Å². The number of fused-ring (bicyclic) bond motifs is 1. The second kappa shape index (κ2) is 7.40. The smallest absolute Gasteiger partial charge is 0.351 e. The van der Waals surface area contributed by atoms with E-state index in [1.165, 1.54) is 36.9 Å². The lowest BCUT2D eigenvalue weighted by Crippen LogP contribution is -2.14. The van der Waals surface area contributed by atoms with Crippen LogP contribution in [0.2, 0.25) is 0 Å². The SMILES string of the molecule is Fc1ccc(Nc2nc(NC3C4CCCC43)nc(-c3cccc(C(F)(F)F)n3)n2)cn1. The molecule has 2 N–H and O–H groups in total. The van der Waals surface area contributed by atoms with Gasteiger partial charge < -0.3 is 10.6 Å². The quantitative estimate of drug-likeness (QED) is 0.456. The van der Waals surface area contributed by atoms with Gasteiger partial charge in [0.2, 0.25) is 17.8 Å². The first-order valence-electron chi connectivity index (χ1n) is 9.83. The number of nitrogens with zero attached hydrogens (tertiary/aromatic N) is 5. The van der Waals surface area contributed by atoms with Crippen LogP contribution in [0, 0.1) is 17.8 Å². The van der Waals surface area contributed by atoms with Crippen LogP contribution < -0.4 is 10.6 Å². The van der Waals surface area contributed by atoms with Crippen LogP contribution >= 0.6 is 0 Å². The first-order valence-corrected chi connectivity index (χ1v) is 9.83. The molecule has 0 amide bonds. The van der Waals surface area contributed by atoms with Crippen molar-refractivity contribution in [1.82, 2.24) is 24.9 Å². The average Bonchev–Trinajstić information content (AvgIpc) is 3.16. The molecule has 160 valence electrons. The lowest BCUT2D eigenvalue weighted by molar-refractivity contribution is -0.141. The van der Waals surface area contributed by atoms with Gasteiger partial charge in [0.1, 0.15) is 11.4 Å². The molecule has 2 saturated carbocycles. The van der Waals surface area contributed by atoms with E-state index in [0.29, 0.717) is 17.5 Å². The minimum Gasteiger partial charge on any atom is -0.351 e. The van der Waals surface area contributed by atoms with Crippen molar-refractivity contribution in [2.75, 3.05) is 10.6 Å². The van der Waals surface area contributed by atoms with Crippen molar-refractivity contribution in [3.05, 3.63) is 48.2 Å². The van der Waals surface area contributed by atoms with Gasteiger partial charge in [-0.15, -0.1) is 0 Å². The maximum absolute atomic E-state index is 13.1. The number of anilines is 3. The Kier molecular flexibility index (Phi) is 4.67. The van der Waals surface area contributed by atoms with E-state index in [0.717, 1.165) is 18.9 Å². The molecular weight excluding hydrogens is 414 g/mol. The third-order valence-corrected chi connectivity index (χ3v) is 5.59. The Balaban J connectivity index is 1.49. The summed E-state index contributed by atoms with van der Waals surface area (Å²) in [6.07, 6.45) is 0.161. The van der Waals surface area contributed by atoms with Gasteiger partial charge in [-0.2, -0.15) is 32.5 Å². The predicted molar refractivity (Wildman–Crippen MR) is 104 cm³/mol. The van der Waals surface area contributed by atoms with Crippen LogP contribution in [-0.4, -0.2) is 31.0 Å². The van der Waals surface area contributed by atoms with Crippen LogP contribution in [0.3, 0.4) is 0 Å². The summed E-state index contributed by atoms with van der Waals surface area (Å²) in [7, 11) is 0. The molecule has 0 spiro atoms. The normalized spacial score (nSPS) is 22.1. The molecule has 2 unspecified atom stereocenters. The fourth-order valence-corrected chi connectivity index (χ4v) is 4.09. The van der Waals surface area contributed by atoms with Gasteiger partial charge >= 0.3 is 6.18 Å². The molecule has 0 bridgehead atoms. The standard InChI is InChI=1S/C20H17F4N7/c21-15-8-7-10(9-25-15)26-18-29-17(13-5-2-6-14(27-13)20(22,23)24)30-19(31-18)28-16-11-3-1-4-12(11)16/h2,5-9,11-12,16H,1,3-4H2,(H2,26,28,29,30,31). The number of alkyl halides is 3. The van der Waals surface area contributed by atoms with Gasteiger partial charge in [0.25, 0.3) is 0 Å². The van der Waals surface area contributed by atoms with E-state index < -0.39 is 17.8 Å². The number of rotatable bonds is 5. The van der Waals surface area contributed by atoms with Gasteiger partial charge in [0.15, 0.2) is 5.82 Å². The molecule has 0 aromatic carbocycles. The molecule has 3 aromatic heterocycles. The molecule has 2 aliphatic rings.